The van der Waals surface area contributed by atoms with Crippen LogP contribution in [0.25, 0.3) is 0 Å². The molecule has 2 aromatic rings. The molecule has 5 nitrogen and oxygen atoms in total. The van der Waals surface area contributed by atoms with Crippen LogP contribution in [-0.4, -0.2) is 23.3 Å². The largest absolute Gasteiger partial charge is 0.467 e. The average Bonchev–Trinajstić information content (AvgIpc) is 3.26. The highest BCUT2D eigenvalue weighted by Gasteiger charge is 2.35. The van der Waals surface area contributed by atoms with Gasteiger partial charge in [0, 0.05) is 13.0 Å². The lowest BCUT2D eigenvalue weighted by molar-refractivity contribution is -0.129. The second kappa shape index (κ2) is 6.75. The maximum atomic E-state index is 12.7. The number of fused-ring (bicyclic) bond motifs is 1. The van der Waals surface area contributed by atoms with E-state index in [2.05, 4.69) is 17.4 Å². The van der Waals surface area contributed by atoms with Crippen LogP contribution in [0, 0.1) is 5.92 Å². The van der Waals surface area contributed by atoms with Gasteiger partial charge in [0.25, 0.3) is 0 Å². The molecule has 1 saturated heterocycles. The molecule has 4 rings (SSSR count). The quantitative estimate of drug-likeness (QED) is 0.932. The molecule has 130 valence electrons. The summed E-state index contributed by atoms with van der Waals surface area (Å²) >= 11 is 0. The highest BCUT2D eigenvalue weighted by molar-refractivity contribution is 5.89. The second-order valence-electron chi connectivity index (χ2n) is 6.91. The van der Waals surface area contributed by atoms with Crippen LogP contribution in [0.2, 0.25) is 0 Å². The molecule has 1 aliphatic heterocycles. The van der Waals surface area contributed by atoms with E-state index in [1.165, 1.54) is 11.1 Å². The number of nitrogens with zero attached hydrogens (tertiary/aromatic N) is 1. The molecule has 0 saturated carbocycles. The van der Waals surface area contributed by atoms with Gasteiger partial charge in [-0.05, 0) is 42.5 Å². The minimum absolute atomic E-state index is 0.0144. The van der Waals surface area contributed by atoms with E-state index in [0.29, 0.717) is 13.1 Å². The van der Waals surface area contributed by atoms with Gasteiger partial charge < -0.3 is 14.6 Å². The predicted octanol–water partition coefficient (Wildman–Crippen LogP) is 2.82. The number of carbonyl (C=O) groups excluding carboxylic acids is 2. The van der Waals surface area contributed by atoms with Gasteiger partial charge in [0.05, 0.1) is 24.8 Å². The number of benzene rings is 1. The van der Waals surface area contributed by atoms with E-state index in [-0.39, 0.29) is 30.2 Å². The van der Waals surface area contributed by atoms with Crippen LogP contribution < -0.4 is 5.32 Å². The molecule has 2 aliphatic rings. The van der Waals surface area contributed by atoms with E-state index in [0.717, 1.165) is 25.0 Å². The SMILES string of the molecule is O=C(N[C@H]1CCCc2ccccc21)[C@H]1CC(=O)N(Cc2ccco2)C1. The summed E-state index contributed by atoms with van der Waals surface area (Å²) in [7, 11) is 0. The molecule has 1 aliphatic carbocycles. The van der Waals surface area contributed by atoms with Crippen LogP contribution in [0.1, 0.15) is 42.2 Å². The van der Waals surface area contributed by atoms with Crippen LogP contribution in [0.5, 0.6) is 0 Å². The van der Waals surface area contributed by atoms with Gasteiger partial charge in [0.15, 0.2) is 0 Å². The van der Waals surface area contributed by atoms with E-state index >= 15 is 0 Å². The number of aryl methyl sites for hydroxylation is 1. The molecule has 1 aromatic carbocycles. The predicted molar refractivity (Wildman–Crippen MR) is 92.5 cm³/mol. The Morgan fingerprint density at radius 1 is 1.24 bits per heavy atom. The number of carbonyl (C=O) groups is 2. The maximum absolute atomic E-state index is 12.7. The minimum Gasteiger partial charge on any atom is -0.467 e. The number of amides is 2. The van der Waals surface area contributed by atoms with E-state index in [1.807, 2.05) is 18.2 Å². The molecule has 2 heterocycles. The van der Waals surface area contributed by atoms with Crippen molar-refractivity contribution in [3.8, 4) is 0 Å². The van der Waals surface area contributed by atoms with E-state index in [1.54, 1.807) is 17.2 Å². The summed E-state index contributed by atoms with van der Waals surface area (Å²) in [6.45, 7) is 0.890. The summed E-state index contributed by atoms with van der Waals surface area (Å²) < 4.78 is 5.31. The lowest BCUT2D eigenvalue weighted by Gasteiger charge is -2.27. The molecule has 1 fully saturated rings. The van der Waals surface area contributed by atoms with E-state index < -0.39 is 0 Å². The first kappa shape index (κ1) is 15.9. The number of nitrogens with one attached hydrogen (secondary N) is 1. The Balaban J connectivity index is 1.40. The van der Waals surface area contributed by atoms with Crippen molar-refractivity contribution in [1.82, 2.24) is 10.2 Å². The van der Waals surface area contributed by atoms with Gasteiger partial charge >= 0.3 is 0 Å². The van der Waals surface area contributed by atoms with Gasteiger partial charge in [-0.25, -0.2) is 0 Å². The smallest absolute Gasteiger partial charge is 0.225 e. The summed E-state index contributed by atoms with van der Waals surface area (Å²) in [4.78, 5) is 26.6. The highest BCUT2D eigenvalue weighted by Crippen LogP contribution is 2.30. The topological polar surface area (TPSA) is 62.6 Å². The third-order valence-electron chi connectivity index (χ3n) is 5.20. The van der Waals surface area contributed by atoms with Gasteiger partial charge in [-0.3, -0.25) is 9.59 Å². The van der Waals surface area contributed by atoms with Crippen LogP contribution in [0.3, 0.4) is 0 Å². The number of rotatable bonds is 4. The number of furan rings is 1. The first-order chi connectivity index (χ1) is 12.2. The van der Waals surface area contributed by atoms with Crippen molar-refractivity contribution in [2.75, 3.05) is 6.54 Å². The molecule has 1 N–H and O–H groups in total. The summed E-state index contributed by atoms with van der Waals surface area (Å²) in [5.74, 6) is 0.463. The summed E-state index contributed by atoms with van der Waals surface area (Å²) in [5, 5.41) is 3.18. The second-order valence-corrected chi connectivity index (χ2v) is 6.91. The Morgan fingerprint density at radius 2 is 2.12 bits per heavy atom. The molecular formula is C20H22N2O3. The van der Waals surface area contributed by atoms with Crippen molar-refractivity contribution in [3.05, 3.63) is 59.5 Å². The van der Waals surface area contributed by atoms with Crippen molar-refractivity contribution in [3.63, 3.8) is 0 Å². The standard InChI is InChI=1S/C20H22N2O3/c23-19-11-15(12-22(19)13-16-7-4-10-25-16)20(24)21-18-9-3-6-14-5-1-2-8-17(14)18/h1-2,4-5,7-8,10,15,18H,3,6,9,11-13H2,(H,21,24)/t15-,18-/m0/s1. The Kier molecular flexibility index (Phi) is 4.30. The third-order valence-corrected chi connectivity index (χ3v) is 5.20. The first-order valence-electron chi connectivity index (χ1n) is 8.89. The molecule has 1 aromatic heterocycles. The highest BCUT2D eigenvalue weighted by atomic mass is 16.3. The van der Waals surface area contributed by atoms with Gasteiger partial charge in [0.1, 0.15) is 5.76 Å². The Hall–Kier alpha value is -2.56. The average molecular weight is 338 g/mol. The van der Waals surface area contributed by atoms with Crippen molar-refractivity contribution in [2.24, 2.45) is 5.92 Å². The number of hydrogen-bond acceptors (Lipinski definition) is 3. The zero-order chi connectivity index (χ0) is 17.2. The molecule has 0 unspecified atom stereocenters. The van der Waals surface area contributed by atoms with E-state index in [4.69, 9.17) is 4.42 Å². The Bertz CT molecular complexity index is 769. The van der Waals surface area contributed by atoms with Crippen LogP contribution in [0.15, 0.2) is 47.1 Å². The molecule has 0 bridgehead atoms. The molecule has 2 atom stereocenters. The van der Waals surface area contributed by atoms with Crippen molar-refractivity contribution < 1.29 is 14.0 Å². The lowest BCUT2D eigenvalue weighted by Crippen LogP contribution is -2.36. The van der Waals surface area contributed by atoms with Gasteiger partial charge in [-0.2, -0.15) is 0 Å². The zero-order valence-electron chi connectivity index (χ0n) is 14.1. The van der Waals surface area contributed by atoms with Crippen LogP contribution in [0.4, 0.5) is 0 Å². The molecule has 25 heavy (non-hydrogen) atoms. The lowest BCUT2D eigenvalue weighted by atomic mass is 9.87. The molecular weight excluding hydrogens is 316 g/mol. The fraction of sp³-hybridized carbons (Fsp3) is 0.400. The fourth-order valence-electron chi connectivity index (χ4n) is 3.88. The van der Waals surface area contributed by atoms with Crippen molar-refractivity contribution in [1.29, 1.82) is 0 Å². The van der Waals surface area contributed by atoms with Crippen LogP contribution >= 0.6 is 0 Å². The minimum atomic E-state index is -0.281. The number of likely N-dealkylation sites (tertiary alicyclic amines) is 1. The van der Waals surface area contributed by atoms with Crippen LogP contribution in [-0.2, 0) is 22.6 Å². The van der Waals surface area contributed by atoms with Crippen molar-refractivity contribution >= 4 is 11.8 Å². The van der Waals surface area contributed by atoms with Crippen molar-refractivity contribution in [2.45, 2.75) is 38.3 Å². The van der Waals surface area contributed by atoms with Gasteiger partial charge in [-0.15, -0.1) is 0 Å². The summed E-state index contributed by atoms with van der Waals surface area (Å²) in [6, 6.07) is 12.0. The molecule has 0 spiro atoms. The molecule has 0 radical (unpaired) electrons. The molecule has 2 amide bonds. The Labute approximate surface area is 147 Å². The zero-order valence-corrected chi connectivity index (χ0v) is 14.1. The fourth-order valence-corrected chi connectivity index (χ4v) is 3.88. The Morgan fingerprint density at radius 3 is 2.96 bits per heavy atom. The maximum Gasteiger partial charge on any atom is 0.225 e. The monoisotopic (exact) mass is 338 g/mol. The summed E-state index contributed by atoms with van der Waals surface area (Å²) in [6.07, 6.45) is 4.98. The molecule has 5 heteroatoms. The first-order valence-corrected chi connectivity index (χ1v) is 8.89. The third kappa shape index (κ3) is 3.31. The summed E-state index contributed by atoms with van der Waals surface area (Å²) in [5.41, 5.74) is 2.54. The van der Waals surface area contributed by atoms with Gasteiger partial charge in [0.2, 0.25) is 11.8 Å². The van der Waals surface area contributed by atoms with E-state index in [9.17, 15) is 9.59 Å². The number of hydrogen-bond donors (Lipinski definition) is 1. The normalized spacial score (nSPS) is 22.7. The van der Waals surface area contributed by atoms with Gasteiger partial charge in [-0.1, -0.05) is 24.3 Å².